The van der Waals surface area contributed by atoms with Crippen LogP contribution in [-0.4, -0.2) is 0 Å². The van der Waals surface area contributed by atoms with Gasteiger partial charge in [0.2, 0.25) is 0 Å². The standard InChI is InChI=1S/C46H29NS2/c1-2-15-35-30(11-1)12-10-19-36(35)31-13-9-14-32(27-31)37-16-3-6-20-42(37)47(33-23-25-40-38-17-4-7-21-43(38)48-45(40)28-33)34-24-26-41-39-18-5-8-22-44(39)49-46(41)29-34/h1-29H. The van der Waals surface area contributed by atoms with Crippen LogP contribution in [0.4, 0.5) is 17.1 Å². The maximum Gasteiger partial charge on any atom is 0.0540 e. The minimum atomic E-state index is 1.15. The number of rotatable bonds is 5. The molecule has 2 aromatic heterocycles. The van der Waals surface area contributed by atoms with Crippen LogP contribution in [0.2, 0.25) is 0 Å². The summed E-state index contributed by atoms with van der Waals surface area (Å²) in [6.45, 7) is 0. The molecule has 0 N–H and O–H groups in total. The van der Waals surface area contributed by atoms with Gasteiger partial charge >= 0.3 is 0 Å². The van der Waals surface area contributed by atoms with E-state index < -0.39 is 0 Å². The minimum Gasteiger partial charge on any atom is -0.310 e. The second-order valence-electron chi connectivity index (χ2n) is 12.5. The predicted molar refractivity (Wildman–Crippen MR) is 215 cm³/mol. The van der Waals surface area contributed by atoms with Crippen LogP contribution in [0, 0.1) is 0 Å². The molecular weight excluding hydrogens is 631 g/mol. The van der Waals surface area contributed by atoms with Crippen LogP contribution in [0.15, 0.2) is 176 Å². The summed E-state index contributed by atoms with van der Waals surface area (Å²) in [7, 11) is 0. The van der Waals surface area contributed by atoms with Gasteiger partial charge in [0.25, 0.3) is 0 Å². The predicted octanol–water partition coefficient (Wildman–Crippen LogP) is 14.4. The Morgan fingerprint density at radius 1 is 0.327 bits per heavy atom. The highest BCUT2D eigenvalue weighted by atomic mass is 32.1. The highest BCUT2D eigenvalue weighted by Crippen LogP contribution is 2.46. The maximum atomic E-state index is 2.45. The van der Waals surface area contributed by atoms with E-state index >= 15 is 0 Å². The van der Waals surface area contributed by atoms with E-state index in [1.54, 1.807) is 0 Å². The lowest BCUT2D eigenvalue weighted by Gasteiger charge is -2.28. The smallest absolute Gasteiger partial charge is 0.0540 e. The SMILES string of the molecule is c1cc(-c2ccccc2N(c2ccc3c(c2)sc2ccccc23)c2ccc3c(c2)sc2ccccc23)cc(-c2cccc3ccccc23)c1. The topological polar surface area (TPSA) is 3.24 Å². The van der Waals surface area contributed by atoms with E-state index in [1.807, 2.05) is 22.7 Å². The average Bonchev–Trinajstić information content (AvgIpc) is 3.72. The first-order valence-electron chi connectivity index (χ1n) is 16.6. The fraction of sp³-hybridized carbons (Fsp3) is 0. The second-order valence-corrected chi connectivity index (χ2v) is 14.7. The summed E-state index contributed by atoms with van der Waals surface area (Å²) < 4.78 is 5.22. The van der Waals surface area contributed by atoms with Crippen molar-refractivity contribution in [3.8, 4) is 22.3 Å². The Bertz CT molecular complexity index is 2740. The zero-order valence-electron chi connectivity index (χ0n) is 26.5. The van der Waals surface area contributed by atoms with Crippen LogP contribution in [-0.2, 0) is 0 Å². The van der Waals surface area contributed by atoms with Gasteiger partial charge in [0.1, 0.15) is 0 Å². The number of fused-ring (bicyclic) bond motifs is 7. The lowest BCUT2D eigenvalue weighted by atomic mass is 9.94. The summed E-state index contributed by atoms with van der Waals surface area (Å²) in [4.78, 5) is 2.45. The van der Waals surface area contributed by atoms with Gasteiger partial charge < -0.3 is 4.90 Å². The Balaban J connectivity index is 1.18. The van der Waals surface area contributed by atoms with Crippen molar-refractivity contribution in [3.63, 3.8) is 0 Å². The monoisotopic (exact) mass is 659 g/mol. The third-order valence-electron chi connectivity index (χ3n) is 9.66. The maximum absolute atomic E-state index is 2.45. The van der Waals surface area contributed by atoms with Gasteiger partial charge in [-0.25, -0.2) is 0 Å². The van der Waals surface area contributed by atoms with Gasteiger partial charge in [-0.05, 0) is 76.0 Å². The highest BCUT2D eigenvalue weighted by Gasteiger charge is 2.20. The molecule has 8 aromatic carbocycles. The Kier molecular flexibility index (Phi) is 6.61. The molecule has 0 unspecified atom stereocenters. The Morgan fingerprint density at radius 2 is 0.816 bits per heavy atom. The van der Waals surface area contributed by atoms with Gasteiger partial charge in [0, 0.05) is 57.3 Å². The number of anilines is 3. The van der Waals surface area contributed by atoms with E-state index in [4.69, 9.17) is 0 Å². The van der Waals surface area contributed by atoms with E-state index in [0.717, 1.165) is 17.1 Å². The molecule has 0 saturated heterocycles. The summed E-state index contributed by atoms with van der Waals surface area (Å²) in [5.41, 5.74) is 8.30. The summed E-state index contributed by atoms with van der Waals surface area (Å²) in [6, 6.07) is 64.5. The van der Waals surface area contributed by atoms with Crippen molar-refractivity contribution in [1.82, 2.24) is 0 Å². The molecule has 0 spiro atoms. The summed E-state index contributed by atoms with van der Waals surface area (Å²) >= 11 is 3.73. The van der Waals surface area contributed by atoms with Crippen molar-refractivity contribution in [3.05, 3.63) is 176 Å². The normalized spacial score (nSPS) is 11.7. The molecule has 0 amide bonds. The second kappa shape index (κ2) is 11.5. The molecule has 230 valence electrons. The largest absolute Gasteiger partial charge is 0.310 e. The lowest BCUT2D eigenvalue weighted by molar-refractivity contribution is 1.30. The van der Waals surface area contributed by atoms with Crippen molar-refractivity contribution in [2.24, 2.45) is 0 Å². The first-order valence-corrected chi connectivity index (χ1v) is 18.2. The van der Waals surface area contributed by atoms with Crippen molar-refractivity contribution >= 4 is 90.9 Å². The van der Waals surface area contributed by atoms with Gasteiger partial charge in [-0.1, -0.05) is 127 Å². The minimum absolute atomic E-state index is 1.15. The number of para-hydroxylation sites is 1. The Labute approximate surface area is 292 Å². The molecule has 10 aromatic rings. The highest BCUT2D eigenvalue weighted by molar-refractivity contribution is 7.26. The van der Waals surface area contributed by atoms with Crippen molar-refractivity contribution < 1.29 is 0 Å². The summed E-state index contributed by atoms with van der Waals surface area (Å²) in [5.74, 6) is 0. The van der Waals surface area contributed by atoms with Crippen molar-refractivity contribution in [2.45, 2.75) is 0 Å². The van der Waals surface area contributed by atoms with Gasteiger partial charge in [0.05, 0.1) is 5.69 Å². The van der Waals surface area contributed by atoms with E-state index in [0.29, 0.717) is 0 Å². The van der Waals surface area contributed by atoms with Gasteiger partial charge in [-0.3, -0.25) is 0 Å². The molecule has 0 saturated carbocycles. The first kappa shape index (κ1) is 28.3. The van der Waals surface area contributed by atoms with Crippen molar-refractivity contribution in [1.29, 1.82) is 0 Å². The van der Waals surface area contributed by atoms with Crippen LogP contribution >= 0.6 is 22.7 Å². The summed E-state index contributed by atoms with van der Waals surface area (Å²) in [6.07, 6.45) is 0. The molecule has 0 fully saturated rings. The molecule has 0 aliphatic rings. The first-order chi connectivity index (χ1) is 24.3. The van der Waals surface area contributed by atoms with Gasteiger partial charge in [-0.2, -0.15) is 0 Å². The molecule has 1 nitrogen and oxygen atoms in total. The molecule has 3 heteroatoms. The van der Waals surface area contributed by atoms with Crippen LogP contribution < -0.4 is 4.90 Å². The number of nitrogens with zero attached hydrogens (tertiary/aromatic N) is 1. The zero-order valence-corrected chi connectivity index (χ0v) is 28.1. The molecular formula is C46H29NS2. The number of thiophene rings is 2. The van der Waals surface area contributed by atoms with Crippen LogP contribution in [0.5, 0.6) is 0 Å². The van der Waals surface area contributed by atoms with E-state index in [-0.39, 0.29) is 0 Å². The molecule has 2 heterocycles. The van der Waals surface area contributed by atoms with E-state index in [2.05, 4.69) is 181 Å². The molecule has 0 bridgehead atoms. The van der Waals surface area contributed by atoms with Crippen LogP contribution in [0.25, 0.3) is 73.4 Å². The Morgan fingerprint density at radius 3 is 1.51 bits per heavy atom. The van der Waals surface area contributed by atoms with Crippen molar-refractivity contribution in [2.75, 3.05) is 4.90 Å². The van der Waals surface area contributed by atoms with E-state index in [1.165, 1.54) is 73.4 Å². The average molecular weight is 660 g/mol. The molecule has 0 aliphatic heterocycles. The zero-order chi connectivity index (χ0) is 32.3. The fourth-order valence-electron chi connectivity index (χ4n) is 7.38. The van der Waals surface area contributed by atoms with Crippen LogP contribution in [0.3, 0.4) is 0 Å². The number of benzene rings is 8. The lowest BCUT2D eigenvalue weighted by Crippen LogP contribution is -2.11. The molecule has 0 aliphatic carbocycles. The number of hydrogen-bond donors (Lipinski definition) is 0. The Hall–Kier alpha value is -5.74. The molecule has 0 radical (unpaired) electrons. The van der Waals surface area contributed by atoms with Gasteiger partial charge in [0.15, 0.2) is 0 Å². The molecule has 49 heavy (non-hydrogen) atoms. The van der Waals surface area contributed by atoms with E-state index in [9.17, 15) is 0 Å². The fourth-order valence-corrected chi connectivity index (χ4v) is 9.66. The third kappa shape index (κ3) is 4.74. The van der Waals surface area contributed by atoms with Crippen LogP contribution in [0.1, 0.15) is 0 Å². The molecule has 0 atom stereocenters. The summed E-state index contributed by atoms with van der Waals surface area (Å²) in [5, 5.41) is 7.77. The number of hydrogen-bond acceptors (Lipinski definition) is 3. The molecule has 10 rings (SSSR count). The van der Waals surface area contributed by atoms with Gasteiger partial charge in [-0.15, -0.1) is 22.7 Å². The third-order valence-corrected chi connectivity index (χ3v) is 11.9. The quantitative estimate of drug-likeness (QED) is 0.178.